The lowest BCUT2D eigenvalue weighted by atomic mass is 10.2. The average Bonchev–Trinajstić information content (AvgIpc) is 2.67. The van der Waals surface area contributed by atoms with Crippen LogP contribution in [0.4, 0.5) is 30.6 Å². The number of hydrogen-bond donors (Lipinski definition) is 2. The third kappa shape index (κ3) is 4.46. The minimum absolute atomic E-state index is 0.215. The molecule has 5 nitrogen and oxygen atoms in total. The molecule has 0 fully saturated rings. The van der Waals surface area contributed by atoms with Gasteiger partial charge in [-0.15, -0.1) is 0 Å². The molecular weight excluding hydrogens is 357 g/mol. The molecule has 3 aromatic rings. The van der Waals surface area contributed by atoms with Crippen molar-refractivity contribution in [3.63, 3.8) is 0 Å². The summed E-state index contributed by atoms with van der Waals surface area (Å²) in [5.74, 6) is -2.77. The second-order valence-electron chi connectivity index (χ2n) is 5.77. The number of aryl methyl sites for hydroxylation is 1. The van der Waals surface area contributed by atoms with E-state index in [4.69, 9.17) is 4.74 Å². The van der Waals surface area contributed by atoms with Crippen LogP contribution in [0.25, 0.3) is 0 Å². The Hall–Kier alpha value is -3.29. The van der Waals surface area contributed by atoms with E-state index in [1.165, 1.54) is 0 Å². The van der Waals surface area contributed by atoms with Gasteiger partial charge in [-0.25, -0.2) is 18.2 Å². The highest BCUT2D eigenvalue weighted by molar-refractivity contribution is 5.58. The molecule has 8 heteroatoms. The maximum atomic E-state index is 13.8. The Balaban J connectivity index is 1.75. The topological polar surface area (TPSA) is 59.1 Å². The largest absolute Gasteiger partial charge is 0.497 e. The van der Waals surface area contributed by atoms with Crippen molar-refractivity contribution in [3.8, 4) is 5.75 Å². The number of ether oxygens (including phenoxy) is 1. The molecular formula is C19H17F3N4O. The molecule has 1 aromatic heterocycles. The summed E-state index contributed by atoms with van der Waals surface area (Å²) in [7, 11) is 1.60. The number of nitrogens with one attached hydrogen (secondary N) is 2. The van der Waals surface area contributed by atoms with E-state index >= 15 is 0 Å². The van der Waals surface area contributed by atoms with Gasteiger partial charge in [-0.2, -0.15) is 4.98 Å². The number of methoxy groups -OCH3 is 1. The highest BCUT2D eigenvalue weighted by Gasteiger charge is 2.14. The Morgan fingerprint density at radius 1 is 0.963 bits per heavy atom. The molecule has 1 heterocycles. The summed E-state index contributed by atoms with van der Waals surface area (Å²) in [5.41, 5.74) is 1.39. The number of benzene rings is 2. The molecule has 3 rings (SSSR count). The minimum atomic E-state index is -1.54. The summed E-state index contributed by atoms with van der Waals surface area (Å²) >= 11 is 0. The molecule has 0 unspecified atom stereocenters. The zero-order chi connectivity index (χ0) is 19.4. The first-order chi connectivity index (χ1) is 13.0. The molecule has 0 radical (unpaired) electrons. The highest BCUT2D eigenvalue weighted by atomic mass is 19.2. The third-order valence-electron chi connectivity index (χ3n) is 3.76. The maximum absolute atomic E-state index is 13.8. The Labute approximate surface area is 154 Å². The monoisotopic (exact) mass is 374 g/mol. The van der Waals surface area contributed by atoms with Crippen molar-refractivity contribution in [3.05, 3.63) is 71.2 Å². The summed E-state index contributed by atoms with van der Waals surface area (Å²) in [6.07, 6.45) is 0. The van der Waals surface area contributed by atoms with Crippen molar-refractivity contribution >= 4 is 17.5 Å². The first-order valence-electron chi connectivity index (χ1n) is 8.09. The van der Waals surface area contributed by atoms with Gasteiger partial charge in [-0.3, -0.25) is 0 Å². The van der Waals surface area contributed by atoms with E-state index in [0.29, 0.717) is 18.2 Å². The zero-order valence-electron chi connectivity index (χ0n) is 14.7. The first-order valence-corrected chi connectivity index (χ1v) is 8.09. The number of aromatic nitrogens is 2. The van der Waals surface area contributed by atoms with Gasteiger partial charge < -0.3 is 15.4 Å². The molecule has 140 valence electrons. The fourth-order valence-electron chi connectivity index (χ4n) is 2.40. The van der Waals surface area contributed by atoms with Gasteiger partial charge in [0.1, 0.15) is 11.6 Å². The van der Waals surface area contributed by atoms with Crippen molar-refractivity contribution in [2.75, 3.05) is 17.7 Å². The fraction of sp³-hybridized carbons (Fsp3) is 0.158. The van der Waals surface area contributed by atoms with Crippen LogP contribution in [-0.2, 0) is 6.54 Å². The predicted octanol–water partition coefficient (Wildman–Crippen LogP) is 4.57. The molecule has 0 spiro atoms. The summed E-state index contributed by atoms with van der Waals surface area (Å²) < 4.78 is 45.4. The molecule has 2 aromatic carbocycles. The average molecular weight is 374 g/mol. The van der Waals surface area contributed by atoms with E-state index in [-0.39, 0.29) is 11.5 Å². The number of anilines is 3. The molecule has 0 amide bonds. The number of rotatable bonds is 6. The molecule has 0 saturated carbocycles. The van der Waals surface area contributed by atoms with Crippen LogP contribution in [0.2, 0.25) is 0 Å². The summed E-state index contributed by atoms with van der Waals surface area (Å²) in [6.45, 7) is 2.21. The van der Waals surface area contributed by atoms with Gasteiger partial charge >= 0.3 is 0 Å². The van der Waals surface area contributed by atoms with Crippen LogP contribution in [-0.4, -0.2) is 17.1 Å². The van der Waals surface area contributed by atoms with Crippen LogP contribution < -0.4 is 15.4 Å². The van der Waals surface area contributed by atoms with Crippen molar-refractivity contribution in [1.29, 1.82) is 0 Å². The highest BCUT2D eigenvalue weighted by Crippen LogP contribution is 2.23. The van der Waals surface area contributed by atoms with Crippen LogP contribution in [0.3, 0.4) is 0 Å². The number of halogens is 3. The molecule has 0 aliphatic rings. The second-order valence-corrected chi connectivity index (χ2v) is 5.77. The predicted molar refractivity (Wildman–Crippen MR) is 96.7 cm³/mol. The maximum Gasteiger partial charge on any atom is 0.225 e. The van der Waals surface area contributed by atoms with E-state index in [1.807, 2.05) is 24.3 Å². The van der Waals surface area contributed by atoms with Crippen LogP contribution in [0.5, 0.6) is 5.75 Å². The van der Waals surface area contributed by atoms with E-state index < -0.39 is 17.5 Å². The van der Waals surface area contributed by atoms with E-state index in [1.54, 1.807) is 20.1 Å². The van der Waals surface area contributed by atoms with Crippen LogP contribution in [0.15, 0.2) is 42.5 Å². The normalized spacial score (nSPS) is 10.6. The summed E-state index contributed by atoms with van der Waals surface area (Å²) in [5, 5.41) is 5.72. The summed E-state index contributed by atoms with van der Waals surface area (Å²) in [4.78, 5) is 8.49. The summed E-state index contributed by atoms with van der Waals surface area (Å²) in [6, 6.07) is 11.0. The van der Waals surface area contributed by atoms with Crippen LogP contribution >= 0.6 is 0 Å². The van der Waals surface area contributed by atoms with Crippen LogP contribution in [0, 0.1) is 24.4 Å². The Morgan fingerprint density at radius 3 is 2.41 bits per heavy atom. The zero-order valence-corrected chi connectivity index (χ0v) is 14.7. The Kier molecular flexibility index (Phi) is 5.44. The number of nitrogens with zero attached hydrogens (tertiary/aromatic N) is 2. The number of hydrogen-bond acceptors (Lipinski definition) is 5. The fourth-order valence-corrected chi connectivity index (χ4v) is 2.40. The lowest BCUT2D eigenvalue weighted by Gasteiger charge is -2.11. The van der Waals surface area contributed by atoms with E-state index in [9.17, 15) is 13.2 Å². The van der Waals surface area contributed by atoms with Gasteiger partial charge in [0.25, 0.3) is 0 Å². The van der Waals surface area contributed by atoms with Crippen molar-refractivity contribution in [2.24, 2.45) is 0 Å². The Bertz CT molecular complexity index is 948. The van der Waals surface area contributed by atoms with Gasteiger partial charge in [0, 0.05) is 18.3 Å². The molecule has 2 N–H and O–H groups in total. The standard InChI is InChI=1S/C19H17F3N4O/c1-11-9-16(25-15-8-7-14(20)17(21)18(15)22)26-19(24-11)23-10-12-3-5-13(27-2)6-4-12/h3-9H,10H2,1-2H3,(H2,23,24,25,26). The molecule has 0 saturated heterocycles. The van der Waals surface area contributed by atoms with Gasteiger partial charge in [0.15, 0.2) is 17.5 Å². The van der Waals surface area contributed by atoms with Gasteiger partial charge in [-0.1, -0.05) is 12.1 Å². The Morgan fingerprint density at radius 2 is 1.70 bits per heavy atom. The molecule has 0 atom stereocenters. The smallest absolute Gasteiger partial charge is 0.225 e. The van der Waals surface area contributed by atoms with Gasteiger partial charge in [0.2, 0.25) is 5.95 Å². The van der Waals surface area contributed by atoms with E-state index in [2.05, 4.69) is 20.6 Å². The van der Waals surface area contributed by atoms with Crippen molar-refractivity contribution in [1.82, 2.24) is 9.97 Å². The van der Waals surface area contributed by atoms with Crippen LogP contribution in [0.1, 0.15) is 11.3 Å². The third-order valence-corrected chi connectivity index (χ3v) is 3.76. The SMILES string of the molecule is COc1ccc(CNc2nc(C)cc(Nc3ccc(F)c(F)c3F)n2)cc1. The lowest BCUT2D eigenvalue weighted by Crippen LogP contribution is -2.07. The molecule has 0 bridgehead atoms. The van der Waals surface area contributed by atoms with Crippen molar-refractivity contribution < 1.29 is 17.9 Å². The van der Waals surface area contributed by atoms with E-state index in [0.717, 1.165) is 23.4 Å². The molecule has 27 heavy (non-hydrogen) atoms. The van der Waals surface area contributed by atoms with Crippen molar-refractivity contribution in [2.45, 2.75) is 13.5 Å². The lowest BCUT2D eigenvalue weighted by molar-refractivity contribution is 0.414. The van der Waals surface area contributed by atoms with Gasteiger partial charge in [-0.05, 0) is 36.8 Å². The first kappa shape index (κ1) is 18.5. The molecule has 0 aliphatic carbocycles. The quantitative estimate of drug-likeness (QED) is 0.619. The second kappa shape index (κ2) is 7.94. The van der Waals surface area contributed by atoms with Gasteiger partial charge in [0.05, 0.1) is 12.8 Å². The minimum Gasteiger partial charge on any atom is -0.497 e. The molecule has 0 aliphatic heterocycles.